The van der Waals surface area contributed by atoms with Crippen molar-refractivity contribution in [1.29, 1.82) is 0 Å². The van der Waals surface area contributed by atoms with E-state index in [1.807, 2.05) is 0 Å². The predicted molar refractivity (Wildman–Crippen MR) is 73.9 cm³/mol. The van der Waals surface area contributed by atoms with Crippen LogP contribution < -0.4 is 10.5 Å². The summed E-state index contributed by atoms with van der Waals surface area (Å²) in [6, 6.07) is 5.27. The van der Waals surface area contributed by atoms with Crippen LogP contribution in [0.4, 0.5) is 5.69 Å². The summed E-state index contributed by atoms with van der Waals surface area (Å²) in [4.78, 5) is 22.9. The Morgan fingerprint density at radius 1 is 1.29 bits per heavy atom. The third-order valence-corrected chi connectivity index (χ3v) is 3.32. The van der Waals surface area contributed by atoms with Crippen LogP contribution >= 0.6 is 0 Å². The van der Waals surface area contributed by atoms with Gasteiger partial charge in [0.15, 0.2) is 6.10 Å². The molecule has 0 heterocycles. The molecule has 0 spiro atoms. The van der Waals surface area contributed by atoms with Crippen molar-refractivity contribution in [3.63, 3.8) is 0 Å². The minimum Gasteiger partial charge on any atom is -0.451 e. The first-order valence-electron chi connectivity index (χ1n) is 5.86. The first kappa shape index (κ1) is 17.1. The van der Waals surface area contributed by atoms with Crippen LogP contribution in [0.2, 0.25) is 0 Å². The van der Waals surface area contributed by atoms with Gasteiger partial charge >= 0.3 is 5.97 Å². The van der Waals surface area contributed by atoms with E-state index in [-0.39, 0.29) is 11.5 Å². The highest BCUT2D eigenvalue weighted by Crippen LogP contribution is 2.13. The quantitative estimate of drug-likeness (QED) is 0.703. The van der Waals surface area contributed by atoms with Gasteiger partial charge in [-0.05, 0) is 31.2 Å². The summed E-state index contributed by atoms with van der Waals surface area (Å²) in [5.41, 5.74) is 0.349. The van der Waals surface area contributed by atoms with E-state index >= 15 is 0 Å². The van der Waals surface area contributed by atoms with Gasteiger partial charge in [0.05, 0.1) is 4.90 Å². The molecule has 0 saturated carbocycles. The number of carbonyl (C=O) groups excluding carboxylic acids is 2. The normalized spacial score (nSPS) is 12.5. The molecule has 1 aromatic carbocycles. The molecule has 1 atom stereocenters. The average molecular weight is 316 g/mol. The highest BCUT2D eigenvalue weighted by Gasteiger charge is 2.18. The molecule has 1 unspecified atom stereocenters. The summed E-state index contributed by atoms with van der Waals surface area (Å²) in [6.45, 7) is 1.16. The highest BCUT2D eigenvalue weighted by molar-refractivity contribution is 7.89. The Kier molecular flexibility index (Phi) is 5.82. The van der Waals surface area contributed by atoms with Crippen molar-refractivity contribution >= 4 is 27.6 Å². The zero-order chi connectivity index (χ0) is 16.0. The van der Waals surface area contributed by atoms with Crippen molar-refractivity contribution in [1.82, 2.24) is 0 Å². The SMILES string of the molecule is COCC(=O)OC(C)C(=O)Nc1ccc(S(N)(=O)=O)cc1. The number of primary sulfonamides is 1. The number of hydrogen-bond donors (Lipinski definition) is 2. The number of methoxy groups -OCH3 is 1. The number of carbonyl (C=O) groups is 2. The average Bonchev–Trinajstić information content (AvgIpc) is 2.38. The number of ether oxygens (including phenoxy) is 2. The minimum absolute atomic E-state index is 0.0694. The molecule has 0 aromatic heterocycles. The fourth-order valence-corrected chi connectivity index (χ4v) is 1.89. The molecule has 0 saturated heterocycles. The molecule has 1 aromatic rings. The van der Waals surface area contributed by atoms with Crippen molar-refractivity contribution in [2.75, 3.05) is 19.0 Å². The van der Waals surface area contributed by atoms with Gasteiger partial charge in [-0.1, -0.05) is 0 Å². The Labute approximate surface area is 122 Å². The molecule has 0 aliphatic heterocycles. The van der Waals surface area contributed by atoms with Gasteiger partial charge in [0, 0.05) is 12.8 Å². The third-order valence-electron chi connectivity index (χ3n) is 2.39. The molecule has 0 aliphatic carbocycles. The first-order chi connectivity index (χ1) is 9.74. The number of anilines is 1. The van der Waals surface area contributed by atoms with E-state index in [9.17, 15) is 18.0 Å². The number of benzene rings is 1. The van der Waals surface area contributed by atoms with Crippen molar-refractivity contribution in [2.24, 2.45) is 5.14 Å². The number of sulfonamides is 1. The van der Waals surface area contributed by atoms with Crippen LogP contribution in [0.3, 0.4) is 0 Å². The predicted octanol–water partition coefficient (Wildman–Crippen LogP) is -0.149. The second-order valence-electron chi connectivity index (χ2n) is 4.12. The monoisotopic (exact) mass is 316 g/mol. The lowest BCUT2D eigenvalue weighted by atomic mass is 10.3. The molecule has 8 nitrogen and oxygen atoms in total. The smallest absolute Gasteiger partial charge is 0.332 e. The summed E-state index contributed by atoms with van der Waals surface area (Å²) >= 11 is 0. The molecular weight excluding hydrogens is 300 g/mol. The lowest BCUT2D eigenvalue weighted by Crippen LogP contribution is -2.31. The molecule has 116 valence electrons. The van der Waals surface area contributed by atoms with Gasteiger partial charge < -0.3 is 14.8 Å². The topological polar surface area (TPSA) is 125 Å². The molecule has 1 rings (SSSR count). The van der Waals surface area contributed by atoms with Crippen LogP contribution in [0, 0.1) is 0 Å². The van der Waals surface area contributed by atoms with Gasteiger partial charge in [0.25, 0.3) is 5.91 Å². The van der Waals surface area contributed by atoms with Crippen molar-refractivity contribution in [3.8, 4) is 0 Å². The fraction of sp³-hybridized carbons (Fsp3) is 0.333. The maximum absolute atomic E-state index is 11.8. The van der Waals surface area contributed by atoms with Crippen LogP contribution in [-0.2, 0) is 29.1 Å². The Morgan fingerprint density at radius 3 is 2.33 bits per heavy atom. The van der Waals surface area contributed by atoms with E-state index in [1.165, 1.54) is 38.3 Å². The fourth-order valence-electron chi connectivity index (χ4n) is 1.37. The maximum Gasteiger partial charge on any atom is 0.332 e. The van der Waals surface area contributed by atoms with Gasteiger partial charge in [0.2, 0.25) is 10.0 Å². The highest BCUT2D eigenvalue weighted by atomic mass is 32.2. The Balaban J connectivity index is 2.64. The summed E-state index contributed by atoms with van der Waals surface area (Å²) in [5, 5.41) is 7.43. The number of nitrogens with two attached hydrogens (primary N) is 1. The number of amides is 1. The van der Waals surface area contributed by atoms with E-state index in [1.54, 1.807) is 0 Å². The number of rotatable bonds is 6. The van der Waals surface area contributed by atoms with E-state index in [4.69, 9.17) is 9.88 Å². The van der Waals surface area contributed by atoms with Crippen LogP contribution in [0.1, 0.15) is 6.92 Å². The number of nitrogens with one attached hydrogen (secondary N) is 1. The summed E-state index contributed by atoms with van der Waals surface area (Å²) in [6.07, 6.45) is -1.01. The molecule has 1 amide bonds. The molecule has 0 radical (unpaired) electrons. The standard InChI is InChI=1S/C12H16N2O6S/c1-8(20-11(15)7-19-2)12(16)14-9-3-5-10(6-4-9)21(13,17)18/h3-6,8H,7H2,1-2H3,(H,14,16)(H2,13,17,18). The molecule has 21 heavy (non-hydrogen) atoms. The summed E-state index contributed by atoms with van der Waals surface area (Å²) < 4.78 is 31.5. The van der Waals surface area contributed by atoms with E-state index in [0.717, 1.165) is 0 Å². The Bertz CT molecular complexity index is 611. The van der Waals surface area contributed by atoms with Crippen LogP contribution in [-0.4, -0.2) is 40.1 Å². The molecule has 0 fully saturated rings. The van der Waals surface area contributed by atoms with E-state index in [2.05, 4.69) is 10.1 Å². The van der Waals surface area contributed by atoms with Gasteiger partial charge in [-0.2, -0.15) is 0 Å². The van der Waals surface area contributed by atoms with Crippen LogP contribution in [0.25, 0.3) is 0 Å². The van der Waals surface area contributed by atoms with Crippen molar-refractivity contribution in [3.05, 3.63) is 24.3 Å². The largest absolute Gasteiger partial charge is 0.451 e. The summed E-state index contributed by atoms with van der Waals surface area (Å²) in [5.74, 6) is -1.22. The van der Waals surface area contributed by atoms with E-state index in [0.29, 0.717) is 5.69 Å². The van der Waals surface area contributed by atoms with Gasteiger partial charge in [-0.25, -0.2) is 18.4 Å². The first-order valence-corrected chi connectivity index (χ1v) is 7.41. The summed E-state index contributed by atoms with van der Waals surface area (Å²) in [7, 11) is -2.45. The zero-order valence-corrected chi connectivity index (χ0v) is 12.3. The Morgan fingerprint density at radius 2 is 1.86 bits per heavy atom. The maximum atomic E-state index is 11.8. The van der Waals surface area contributed by atoms with Crippen LogP contribution in [0.5, 0.6) is 0 Å². The minimum atomic E-state index is -3.78. The second-order valence-corrected chi connectivity index (χ2v) is 5.69. The molecule has 0 aliphatic rings. The van der Waals surface area contributed by atoms with Crippen molar-refractivity contribution < 1.29 is 27.5 Å². The van der Waals surface area contributed by atoms with Crippen LogP contribution in [0.15, 0.2) is 29.2 Å². The van der Waals surface area contributed by atoms with Gasteiger partial charge in [-0.3, -0.25) is 4.79 Å². The van der Waals surface area contributed by atoms with Gasteiger partial charge in [0.1, 0.15) is 6.61 Å². The zero-order valence-electron chi connectivity index (χ0n) is 11.5. The number of hydrogen-bond acceptors (Lipinski definition) is 6. The molecular formula is C12H16N2O6S. The second kappa shape index (κ2) is 7.16. The Hall–Kier alpha value is -1.97. The molecule has 9 heteroatoms. The van der Waals surface area contributed by atoms with Crippen molar-refractivity contribution in [2.45, 2.75) is 17.9 Å². The lowest BCUT2D eigenvalue weighted by molar-refractivity contribution is -0.156. The van der Waals surface area contributed by atoms with Gasteiger partial charge in [-0.15, -0.1) is 0 Å². The number of esters is 1. The molecule has 0 bridgehead atoms. The third kappa shape index (κ3) is 5.50. The lowest BCUT2D eigenvalue weighted by Gasteiger charge is -2.13. The van der Waals surface area contributed by atoms with E-state index < -0.39 is 28.0 Å². The molecule has 3 N–H and O–H groups in total.